The second kappa shape index (κ2) is 7.56. The molecule has 0 saturated heterocycles. The molecule has 4 heteroatoms. The number of amides is 1. The third-order valence-electron chi connectivity index (χ3n) is 3.82. The highest BCUT2D eigenvalue weighted by atomic mass is 32.1. The summed E-state index contributed by atoms with van der Waals surface area (Å²) in [5, 5.41) is 8.19. The largest absolute Gasteiger partial charge is 0.358 e. The van der Waals surface area contributed by atoms with E-state index in [2.05, 4.69) is 60.2 Å². The first-order chi connectivity index (χ1) is 10.5. The summed E-state index contributed by atoms with van der Waals surface area (Å²) in [5.74, 6) is 0.521. The molecule has 0 saturated carbocycles. The first-order valence-corrected chi connectivity index (χ1v) is 8.51. The molecule has 0 radical (unpaired) electrons. The number of carbonyl (C=O) groups is 1. The molecule has 118 valence electrons. The minimum atomic E-state index is -0.248. The molecule has 0 bridgehead atoms. The molecule has 22 heavy (non-hydrogen) atoms. The van der Waals surface area contributed by atoms with E-state index in [-0.39, 0.29) is 18.0 Å². The van der Waals surface area contributed by atoms with E-state index in [1.165, 1.54) is 16.0 Å². The summed E-state index contributed by atoms with van der Waals surface area (Å²) in [4.78, 5) is 13.0. The summed E-state index contributed by atoms with van der Waals surface area (Å²) in [6, 6.07) is 12.6. The summed E-state index contributed by atoms with van der Waals surface area (Å²) in [7, 11) is 1.66. The zero-order chi connectivity index (χ0) is 16.1. The normalized spacial score (nSPS) is 13.9. The van der Waals surface area contributed by atoms with Crippen molar-refractivity contribution in [3.05, 3.63) is 57.8 Å². The lowest BCUT2D eigenvalue weighted by atomic mass is 9.98. The highest BCUT2D eigenvalue weighted by Crippen LogP contribution is 2.27. The van der Waals surface area contributed by atoms with Crippen molar-refractivity contribution in [2.24, 2.45) is 0 Å². The second-order valence-corrected chi connectivity index (χ2v) is 6.75. The van der Waals surface area contributed by atoms with Crippen LogP contribution in [0.5, 0.6) is 0 Å². The van der Waals surface area contributed by atoms with Crippen LogP contribution in [0, 0.1) is 0 Å². The van der Waals surface area contributed by atoms with Crippen molar-refractivity contribution >= 4 is 17.2 Å². The second-order valence-electron chi connectivity index (χ2n) is 5.77. The van der Waals surface area contributed by atoms with Gasteiger partial charge in [0.25, 0.3) is 0 Å². The van der Waals surface area contributed by atoms with Crippen LogP contribution < -0.4 is 10.6 Å². The molecular weight excluding hydrogens is 292 g/mol. The number of thiophene rings is 1. The number of nitrogens with one attached hydrogen (secondary N) is 2. The van der Waals surface area contributed by atoms with E-state index in [0.717, 1.165) is 0 Å². The predicted molar refractivity (Wildman–Crippen MR) is 93.4 cm³/mol. The lowest BCUT2D eigenvalue weighted by Crippen LogP contribution is -2.42. The van der Waals surface area contributed by atoms with Crippen LogP contribution >= 0.6 is 11.3 Å². The van der Waals surface area contributed by atoms with Gasteiger partial charge in [-0.15, -0.1) is 11.3 Å². The molecule has 1 heterocycles. The van der Waals surface area contributed by atoms with E-state index >= 15 is 0 Å². The molecule has 2 atom stereocenters. The number of likely N-dealkylation sites (N-methyl/N-ethyl adjacent to an activating group) is 1. The molecule has 1 amide bonds. The molecule has 1 aromatic carbocycles. The Bertz CT molecular complexity index is 590. The van der Waals surface area contributed by atoms with Gasteiger partial charge in [0.1, 0.15) is 0 Å². The summed E-state index contributed by atoms with van der Waals surface area (Å²) in [5.41, 5.74) is 2.51. The Kier molecular flexibility index (Phi) is 5.75. The zero-order valence-electron chi connectivity index (χ0n) is 13.6. The highest BCUT2D eigenvalue weighted by Gasteiger charge is 2.20. The zero-order valence-corrected chi connectivity index (χ0v) is 14.4. The summed E-state index contributed by atoms with van der Waals surface area (Å²) in [6.45, 7) is 6.28. The fraction of sp³-hybridized carbons (Fsp3) is 0.389. The van der Waals surface area contributed by atoms with Crippen LogP contribution in [0.1, 0.15) is 48.7 Å². The number of hydrogen-bond acceptors (Lipinski definition) is 3. The van der Waals surface area contributed by atoms with E-state index in [4.69, 9.17) is 0 Å². The molecule has 1 aromatic heterocycles. The summed E-state index contributed by atoms with van der Waals surface area (Å²) < 4.78 is 0. The lowest BCUT2D eigenvalue weighted by Gasteiger charge is -2.22. The Morgan fingerprint density at radius 1 is 1.05 bits per heavy atom. The Morgan fingerprint density at radius 3 is 2.18 bits per heavy atom. The van der Waals surface area contributed by atoms with Crippen molar-refractivity contribution in [2.45, 2.75) is 38.8 Å². The van der Waals surface area contributed by atoms with Crippen molar-refractivity contribution in [3.63, 3.8) is 0 Å². The fourth-order valence-corrected chi connectivity index (χ4v) is 3.23. The van der Waals surface area contributed by atoms with Gasteiger partial charge in [-0.05, 0) is 35.4 Å². The van der Waals surface area contributed by atoms with Crippen LogP contribution in [0.4, 0.5) is 0 Å². The summed E-state index contributed by atoms with van der Waals surface area (Å²) >= 11 is 1.70. The maximum absolute atomic E-state index is 11.8. The van der Waals surface area contributed by atoms with Crippen molar-refractivity contribution in [3.8, 4) is 0 Å². The highest BCUT2D eigenvalue weighted by molar-refractivity contribution is 7.10. The molecule has 3 nitrogen and oxygen atoms in total. The van der Waals surface area contributed by atoms with Gasteiger partial charge in [0.2, 0.25) is 5.91 Å². The molecular formula is C18H24N2OS. The number of hydrogen-bond donors (Lipinski definition) is 2. The molecule has 2 N–H and O–H groups in total. The molecule has 2 aromatic rings. The first-order valence-electron chi connectivity index (χ1n) is 7.63. The quantitative estimate of drug-likeness (QED) is 0.853. The van der Waals surface area contributed by atoms with Crippen LogP contribution in [-0.2, 0) is 4.79 Å². The van der Waals surface area contributed by atoms with Gasteiger partial charge >= 0.3 is 0 Å². The van der Waals surface area contributed by atoms with Gasteiger partial charge in [-0.2, -0.15) is 0 Å². The minimum Gasteiger partial charge on any atom is -0.358 e. The molecule has 0 aliphatic rings. The predicted octanol–water partition coefficient (Wildman–Crippen LogP) is 3.69. The van der Waals surface area contributed by atoms with Crippen molar-refractivity contribution in [1.29, 1.82) is 0 Å². The van der Waals surface area contributed by atoms with Crippen molar-refractivity contribution in [1.82, 2.24) is 10.6 Å². The van der Waals surface area contributed by atoms with Gasteiger partial charge in [-0.25, -0.2) is 0 Å². The standard InChI is InChI=1S/C18H24N2OS/c1-12(2)14-7-9-15(10-8-14)17(16-6-5-11-22-16)20-13(3)18(21)19-4/h5-13,17,20H,1-4H3,(H,19,21)/t13-,17-/m1/s1. The van der Waals surface area contributed by atoms with Gasteiger partial charge in [-0.1, -0.05) is 44.2 Å². The number of rotatable bonds is 6. The third kappa shape index (κ3) is 3.96. The smallest absolute Gasteiger partial charge is 0.236 e. The van der Waals surface area contributed by atoms with Crippen molar-refractivity contribution < 1.29 is 4.79 Å². The van der Waals surface area contributed by atoms with Gasteiger partial charge < -0.3 is 5.32 Å². The van der Waals surface area contributed by atoms with Gasteiger partial charge in [0.05, 0.1) is 12.1 Å². The molecule has 0 unspecified atom stereocenters. The average molecular weight is 316 g/mol. The third-order valence-corrected chi connectivity index (χ3v) is 4.76. The van der Waals surface area contributed by atoms with Crippen LogP contribution in [0.2, 0.25) is 0 Å². The van der Waals surface area contributed by atoms with E-state index in [1.54, 1.807) is 18.4 Å². The van der Waals surface area contributed by atoms with Crippen molar-refractivity contribution in [2.75, 3.05) is 7.05 Å². The number of benzene rings is 1. The summed E-state index contributed by atoms with van der Waals surface area (Å²) in [6.07, 6.45) is 0. The van der Waals surface area contributed by atoms with E-state index < -0.39 is 0 Å². The van der Waals surface area contributed by atoms with E-state index in [0.29, 0.717) is 5.92 Å². The first kappa shape index (κ1) is 16.7. The molecule has 2 rings (SSSR count). The Hall–Kier alpha value is -1.65. The van der Waals surface area contributed by atoms with Gasteiger partial charge in [0, 0.05) is 11.9 Å². The topological polar surface area (TPSA) is 41.1 Å². The van der Waals surface area contributed by atoms with Crippen LogP contribution in [0.15, 0.2) is 41.8 Å². The van der Waals surface area contributed by atoms with Gasteiger partial charge in [0.15, 0.2) is 0 Å². The Morgan fingerprint density at radius 2 is 1.68 bits per heavy atom. The lowest BCUT2D eigenvalue weighted by molar-refractivity contribution is -0.122. The Labute approximate surface area is 136 Å². The van der Waals surface area contributed by atoms with E-state index in [9.17, 15) is 4.79 Å². The molecule has 0 fully saturated rings. The number of carbonyl (C=O) groups excluding carboxylic acids is 1. The SMILES string of the molecule is CNC(=O)[C@@H](C)N[C@H](c1ccc(C(C)C)cc1)c1cccs1. The van der Waals surface area contributed by atoms with Crippen LogP contribution in [0.3, 0.4) is 0 Å². The molecule has 0 aliphatic heterocycles. The Balaban J connectivity index is 2.26. The fourth-order valence-electron chi connectivity index (χ4n) is 2.41. The van der Waals surface area contributed by atoms with E-state index in [1.807, 2.05) is 13.0 Å². The van der Waals surface area contributed by atoms with Gasteiger partial charge in [-0.3, -0.25) is 10.1 Å². The molecule has 0 aliphatic carbocycles. The maximum Gasteiger partial charge on any atom is 0.236 e. The monoisotopic (exact) mass is 316 g/mol. The minimum absolute atomic E-state index is 0.000330. The maximum atomic E-state index is 11.8. The molecule has 0 spiro atoms. The average Bonchev–Trinajstić information content (AvgIpc) is 3.05. The van der Waals surface area contributed by atoms with Crippen LogP contribution in [0.25, 0.3) is 0 Å². The van der Waals surface area contributed by atoms with Crippen LogP contribution in [-0.4, -0.2) is 19.0 Å².